The molecule has 0 unspecified atom stereocenters. The number of imidazole rings is 1. The molecule has 2 aromatic carbocycles. The van der Waals surface area contributed by atoms with E-state index < -0.39 is 0 Å². The number of aryl methyl sites for hydroxylation is 1. The lowest BCUT2D eigenvalue weighted by Crippen LogP contribution is -2.24. The Hall–Kier alpha value is -2.86. The Kier molecular flexibility index (Phi) is 8.06. The molecular formula is C24H28ClN3O3. The first-order valence-electron chi connectivity index (χ1n) is 10.6. The van der Waals surface area contributed by atoms with Crippen LogP contribution in [-0.4, -0.2) is 34.1 Å². The maximum Gasteiger partial charge on any atom is 0.326 e. The molecule has 3 rings (SSSR count). The number of unbranched alkanes of at least 4 members (excludes halogenated alkanes) is 2. The van der Waals surface area contributed by atoms with E-state index in [2.05, 4.69) is 5.32 Å². The molecule has 0 aliphatic heterocycles. The second kappa shape index (κ2) is 11.0. The van der Waals surface area contributed by atoms with Gasteiger partial charge in [-0.1, -0.05) is 30.2 Å². The Labute approximate surface area is 187 Å². The largest absolute Gasteiger partial charge is 0.462 e. The molecule has 7 heteroatoms. The van der Waals surface area contributed by atoms with Crippen molar-refractivity contribution in [3.05, 3.63) is 64.9 Å². The van der Waals surface area contributed by atoms with Gasteiger partial charge in [-0.25, -0.2) is 4.98 Å². The number of hydrogen-bond acceptors (Lipinski definition) is 4. The quantitative estimate of drug-likeness (QED) is 0.363. The highest BCUT2D eigenvalue weighted by atomic mass is 35.5. The van der Waals surface area contributed by atoms with E-state index in [0.29, 0.717) is 17.1 Å². The van der Waals surface area contributed by atoms with Crippen LogP contribution in [0.1, 0.15) is 49.3 Å². The molecule has 6 nitrogen and oxygen atoms in total. The molecule has 0 spiro atoms. The minimum atomic E-state index is -0.260. The third-order valence-corrected chi connectivity index (χ3v) is 5.11. The fourth-order valence-corrected chi connectivity index (χ4v) is 3.54. The zero-order valence-corrected chi connectivity index (χ0v) is 18.7. The SMILES string of the molecule is CC(C)OC(=O)Cn1c(CCCCCNC(=O)c2ccc(Cl)cc2)nc2ccccc21. The number of para-hydroxylation sites is 2. The molecule has 1 aromatic heterocycles. The van der Waals surface area contributed by atoms with Gasteiger partial charge in [0.2, 0.25) is 0 Å². The summed E-state index contributed by atoms with van der Waals surface area (Å²) in [5, 5.41) is 3.54. The number of halogens is 1. The lowest BCUT2D eigenvalue weighted by atomic mass is 10.1. The number of benzene rings is 2. The summed E-state index contributed by atoms with van der Waals surface area (Å²) in [6.07, 6.45) is 3.35. The van der Waals surface area contributed by atoms with E-state index >= 15 is 0 Å². The number of amides is 1. The standard InChI is InChI=1S/C24H28ClN3O3/c1-17(2)31-23(29)16-28-21-9-6-5-8-20(21)27-22(28)10-4-3-7-15-26-24(30)18-11-13-19(25)14-12-18/h5-6,8-9,11-14,17H,3-4,7,10,15-16H2,1-2H3,(H,26,30). The maximum atomic E-state index is 12.2. The highest BCUT2D eigenvalue weighted by Crippen LogP contribution is 2.18. The summed E-state index contributed by atoms with van der Waals surface area (Å²) >= 11 is 5.85. The average Bonchev–Trinajstić information content (AvgIpc) is 3.07. The van der Waals surface area contributed by atoms with Crippen molar-refractivity contribution < 1.29 is 14.3 Å². The maximum absolute atomic E-state index is 12.2. The summed E-state index contributed by atoms with van der Waals surface area (Å²) in [7, 11) is 0. The van der Waals surface area contributed by atoms with Gasteiger partial charge >= 0.3 is 5.97 Å². The smallest absolute Gasteiger partial charge is 0.326 e. The van der Waals surface area contributed by atoms with Gasteiger partial charge in [0, 0.05) is 23.6 Å². The van der Waals surface area contributed by atoms with Gasteiger partial charge in [-0.3, -0.25) is 9.59 Å². The second-order valence-electron chi connectivity index (χ2n) is 7.71. The zero-order valence-electron chi connectivity index (χ0n) is 17.9. The molecule has 1 N–H and O–H groups in total. The highest BCUT2D eigenvalue weighted by Gasteiger charge is 2.15. The summed E-state index contributed by atoms with van der Waals surface area (Å²) < 4.78 is 7.26. The van der Waals surface area contributed by atoms with Gasteiger partial charge in [0.1, 0.15) is 12.4 Å². The number of nitrogens with zero attached hydrogens (tertiary/aromatic N) is 2. The van der Waals surface area contributed by atoms with Gasteiger partial charge in [0.15, 0.2) is 0 Å². The Balaban J connectivity index is 1.50. The van der Waals surface area contributed by atoms with Crippen molar-refractivity contribution in [1.82, 2.24) is 14.9 Å². The minimum absolute atomic E-state index is 0.0953. The first-order valence-corrected chi connectivity index (χ1v) is 11.0. The van der Waals surface area contributed by atoms with Crippen LogP contribution in [0.5, 0.6) is 0 Å². The van der Waals surface area contributed by atoms with Crippen LogP contribution in [0.3, 0.4) is 0 Å². The van der Waals surface area contributed by atoms with Crippen LogP contribution in [0.25, 0.3) is 11.0 Å². The Morgan fingerprint density at radius 1 is 1.06 bits per heavy atom. The molecule has 0 aliphatic carbocycles. The molecule has 1 amide bonds. The highest BCUT2D eigenvalue weighted by molar-refractivity contribution is 6.30. The van der Waals surface area contributed by atoms with E-state index in [-0.39, 0.29) is 24.5 Å². The van der Waals surface area contributed by atoms with E-state index in [1.807, 2.05) is 42.7 Å². The van der Waals surface area contributed by atoms with Crippen LogP contribution in [0, 0.1) is 0 Å². The van der Waals surface area contributed by atoms with E-state index in [9.17, 15) is 9.59 Å². The lowest BCUT2D eigenvalue weighted by Gasteiger charge is -2.11. The molecule has 0 atom stereocenters. The van der Waals surface area contributed by atoms with Crippen molar-refractivity contribution >= 4 is 34.5 Å². The van der Waals surface area contributed by atoms with Crippen molar-refractivity contribution in [1.29, 1.82) is 0 Å². The molecule has 1 heterocycles. The third kappa shape index (κ3) is 6.56. The summed E-state index contributed by atoms with van der Waals surface area (Å²) in [6.45, 7) is 4.46. The van der Waals surface area contributed by atoms with Gasteiger partial charge in [-0.2, -0.15) is 0 Å². The molecule has 164 valence electrons. The van der Waals surface area contributed by atoms with Crippen molar-refractivity contribution in [2.24, 2.45) is 0 Å². The first-order chi connectivity index (χ1) is 14.9. The van der Waals surface area contributed by atoms with Crippen LogP contribution in [0.15, 0.2) is 48.5 Å². The molecule has 0 radical (unpaired) electrons. The number of carbonyl (C=O) groups excluding carboxylic acids is 2. The topological polar surface area (TPSA) is 73.2 Å². The van der Waals surface area contributed by atoms with Crippen molar-refractivity contribution in [3.63, 3.8) is 0 Å². The lowest BCUT2D eigenvalue weighted by molar-refractivity contribution is -0.148. The van der Waals surface area contributed by atoms with Crippen LogP contribution in [-0.2, 0) is 22.5 Å². The number of esters is 1. The number of fused-ring (bicyclic) bond motifs is 1. The monoisotopic (exact) mass is 441 g/mol. The van der Waals surface area contributed by atoms with Crippen molar-refractivity contribution in [2.75, 3.05) is 6.54 Å². The van der Waals surface area contributed by atoms with Crippen LogP contribution in [0.4, 0.5) is 0 Å². The number of nitrogens with one attached hydrogen (secondary N) is 1. The van der Waals surface area contributed by atoms with Crippen molar-refractivity contribution in [3.8, 4) is 0 Å². The van der Waals surface area contributed by atoms with Gasteiger partial charge < -0.3 is 14.6 Å². The predicted octanol–water partition coefficient (Wildman–Crippen LogP) is 4.78. The molecule has 0 saturated carbocycles. The summed E-state index contributed by atoms with van der Waals surface area (Å²) in [4.78, 5) is 29.0. The molecular weight excluding hydrogens is 414 g/mol. The summed E-state index contributed by atoms with van der Waals surface area (Å²) in [5.41, 5.74) is 2.42. The molecule has 31 heavy (non-hydrogen) atoms. The van der Waals surface area contributed by atoms with Crippen molar-refractivity contribution in [2.45, 2.75) is 52.2 Å². The Bertz CT molecular complexity index is 1030. The zero-order chi connectivity index (χ0) is 22.2. The number of aromatic nitrogens is 2. The predicted molar refractivity (Wildman–Crippen MR) is 122 cm³/mol. The Morgan fingerprint density at radius 2 is 1.81 bits per heavy atom. The molecule has 0 fully saturated rings. The molecule has 0 bridgehead atoms. The second-order valence-corrected chi connectivity index (χ2v) is 8.15. The number of carbonyl (C=O) groups is 2. The summed E-state index contributed by atoms with van der Waals surface area (Å²) in [6, 6.07) is 14.7. The normalized spacial score (nSPS) is 11.1. The fraction of sp³-hybridized carbons (Fsp3) is 0.375. The molecule has 0 saturated heterocycles. The van der Waals surface area contributed by atoms with Gasteiger partial charge in [-0.15, -0.1) is 0 Å². The van der Waals surface area contributed by atoms with E-state index in [1.165, 1.54) is 0 Å². The minimum Gasteiger partial charge on any atom is -0.462 e. The average molecular weight is 442 g/mol. The van der Waals surface area contributed by atoms with Gasteiger partial charge in [-0.05, 0) is 63.1 Å². The van der Waals surface area contributed by atoms with Gasteiger partial charge in [0.25, 0.3) is 5.91 Å². The molecule has 0 aliphatic rings. The van der Waals surface area contributed by atoms with E-state index in [1.54, 1.807) is 24.3 Å². The van der Waals surface area contributed by atoms with Crippen LogP contribution in [0.2, 0.25) is 5.02 Å². The molecule has 3 aromatic rings. The number of rotatable bonds is 10. The van der Waals surface area contributed by atoms with Crippen LogP contribution >= 0.6 is 11.6 Å². The van der Waals surface area contributed by atoms with E-state index in [4.69, 9.17) is 21.3 Å². The van der Waals surface area contributed by atoms with E-state index in [0.717, 1.165) is 42.5 Å². The van der Waals surface area contributed by atoms with Gasteiger partial charge in [0.05, 0.1) is 17.1 Å². The number of hydrogen-bond donors (Lipinski definition) is 1. The first kappa shape index (κ1) is 22.8. The van der Waals surface area contributed by atoms with Crippen LogP contribution < -0.4 is 5.32 Å². The third-order valence-electron chi connectivity index (χ3n) is 4.86. The fourth-order valence-electron chi connectivity index (χ4n) is 3.41. The number of ether oxygens (including phenoxy) is 1. The Morgan fingerprint density at radius 3 is 2.55 bits per heavy atom. The summed E-state index contributed by atoms with van der Waals surface area (Å²) in [5.74, 6) is 0.526.